The van der Waals surface area contributed by atoms with Gasteiger partial charge < -0.3 is 15.3 Å². The summed E-state index contributed by atoms with van der Waals surface area (Å²) in [5.74, 6) is 1.05. The lowest BCUT2D eigenvalue weighted by molar-refractivity contribution is 0.410. The van der Waals surface area contributed by atoms with Crippen LogP contribution in [0.25, 0.3) is 0 Å². The molecule has 0 saturated carbocycles. The van der Waals surface area contributed by atoms with Crippen LogP contribution < -0.4 is 10.2 Å². The van der Waals surface area contributed by atoms with Crippen molar-refractivity contribution in [2.45, 2.75) is 25.4 Å². The van der Waals surface area contributed by atoms with Crippen LogP contribution >= 0.6 is 11.6 Å². The Hall–Kier alpha value is -1.85. The molecular weight excluding hydrogens is 300 g/mol. The molecule has 2 aromatic rings. The highest BCUT2D eigenvalue weighted by atomic mass is 35.5. The van der Waals surface area contributed by atoms with E-state index in [0.29, 0.717) is 17.6 Å². The van der Waals surface area contributed by atoms with Gasteiger partial charge in [-0.3, -0.25) is 0 Å². The van der Waals surface area contributed by atoms with E-state index in [1.54, 1.807) is 30.6 Å². The predicted octanol–water partition coefficient (Wildman–Crippen LogP) is 2.59. The van der Waals surface area contributed by atoms with Crippen molar-refractivity contribution in [3.63, 3.8) is 0 Å². The molecule has 0 spiro atoms. The van der Waals surface area contributed by atoms with E-state index in [9.17, 15) is 5.11 Å². The van der Waals surface area contributed by atoms with Gasteiger partial charge in [0.15, 0.2) is 0 Å². The first kappa shape index (κ1) is 15.1. The number of anilines is 1. The number of phenolic OH excluding ortho intramolecular Hbond substituents is 1. The summed E-state index contributed by atoms with van der Waals surface area (Å²) in [7, 11) is 0. The minimum atomic E-state index is 0.274. The van der Waals surface area contributed by atoms with Gasteiger partial charge >= 0.3 is 0 Å². The van der Waals surface area contributed by atoms with Crippen molar-refractivity contribution < 1.29 is 5.11 Å². The molecule has 0 aliphatic carbocycles. The van der Waals surface area contributed by atoms with Gasteiger partial charge in [0.25, 0.3) is 0 Å². The molecule has 22 heavy (non-hydrogen) atoms. The number of phenols is 1. The molecule has 0 amide bonds. The Kier molecular flexibility index (Phi) is 4.75. The third-order valence-corrected chi connectivity index (χ3v) is 4.11. The molecule has 1 aromatic heterocycles. The van der Waals surface area contributed by atoms with E-state index >= 15 is 0 Å². The van der Waals surface area contributed by atoms with Crippen LogP contribution in [-0.4, -0.2) is 34.2 Å². The smallest absolute Gasteiger partial charge is 0.225 e. The van der Waals surface area contributed by atoms with Crippen molar-refractivity contribution in [1.29, 1.82) is 0 Å². The van der Waals surface area contributed by atoms with Crippen LogP contribution in [0.1, 0.15) is 18.4 Å². The van der Waals surface area contributed by atoms with Crippen LogP contribution in [0.2, 0.25) is 5.02 Å². The van der Waals surface area contributed by atoms with Crippen LogP contribution in [0.4, 0.5) is 5.95 Å². The molecule has 1 fully saturated rings. The van der Waals surface area contributed by atoms with Crippen LogP contribution in [-0.2, 0) is 6.54 Å². The lowest BCUT2D eigenvalue weighted by Gasteiger charge is -2.33. The quantitative estimate of drug-likeness (QED) is 0.907. The molecule has 3 rings (SSSR count). The minimum Gasteiger partial charge on any atom is -0.508 e. The summed E-state index contributed by atoms with van der Waals surface area (Å²) < 4.78 is 0. The number of halogens is 1. The Morgan fingerprint density at radius 3 is 2.95 bits per heavy atom. The van der Waals surface area contributed by atoms with Gasteiger partial charge in [0.05, 0.1) is 0 Å². The normalized spacial score (nSPS) is 18.4. The third-order valence-electron chi connectivity index (χ3n) is 3.88. The topological polar surface area (TPSA) is 61.3 Å². The Labute approximate surface area is 135 Å². The number of nitrogens with one attached hydrogen (secondary N) is 1. The summed E-state index contributed by atoms with van der Waals surface area (Å²) in [4.78, 5) is 10.8. The lowest BCUT2D eigenvalue weighted by Crippen LogP contribution is -2.46. The van der Waals surface area contributed by atoms with E-state index in [4.69, 9.17) is 11.6 Å². The lowest BCUT2D eigenvalue weighted by atomic mass is 10.1. The van der Waals surface area contributed by atoms with Crippen molar-refractivity contribution >= 4 is 17.5 Å². The maximum Gasteiger partial charge on any atom is 0.225 e. The Balaban J connectivity index is 1.60. The first-order valence-electron chi connectivity index (χ1n) is 7.45. The van der Waals surface area contributed by atoms with Crippen LogP contribution in [0.3, 0.4) is 0 Å². The van der Waals surface area contributed by atoms with Crippen molar-refractivity contribution in [3.05, 3.63) is 47.2 Å². The fraction of sp³-hybridized carbons (Fsp3) is 0.375. The van der Waals surface area contributed by atoms with Gasteiger partial charge in [0, 0.05) is 48.7 Å². The number of hydrogen-bond acceptors (Lipinski definition) is 5. The Morgan fingerprint density at radius 1 is 1.32 bits per heavy atom. The number of piperidine rings is 1. The monoisotopic (exact) mass is 318 g/mol. The maximum absolute atomic E-state index is 9.87. The van der Waals surface area contributed by atoms with Gasteiger partial charge in [-0.1, -0.05) is 11.6 Å². The number of hydrogen-bond donors (Lipinski definition) is 2. The first-order chi connectivity index (χ1) is 10.7. The van der Waals surface area contributed by atoms with E-state index in [1.165, 1.54) is 0 Å². The van der Waals surface area contributed by atoms with Crippen molar-refractivity contribution in [2.75, 3.05) is 18.0 Å². The third kappa shape index (κ3) is 3.67. The van der Waals surface area contributed by atoms with Crippen LogP contribution in [0, 0.1) is 0 Å². The average molecular weight is 319 g/mol. The van der Waals surface area contributed by atoms with E-state index in [1.807, 2.05) is 6.07 Å². The number of nitrogens with zero attached hydrogens (tertiary/aromatic N) is 3. The maximum atomic E-state index is 9.87. The van der Waals surface area contributed by atoms with Crippen molar-refractivity contribution in [2.24, 2.45) is 0 Å². The van der Waals surface area contributed by atoms with Gasteiger partial charge in [-0.25, -0.2) is 9.97 Å². The zero-order valence-corrected chi connectivity index (χ0v) is 13.0. The highest BCUT2D eigenvalue weighted by molar-refractivity contribution is 6.30. The van der Waals surface area contributed by atoms with Crippen molar-refractivity contribution in [3.8, 4) is 5.75 Å². The summed E-state index contributed by atoms with van der Waals surface area (Å²) in [5, 5.41) is 14.0. The van der Waals surface area contributed by atoms with Gasteiger partial charge in [0.2, 0.25) is 5.95 Å². The SMILES string of the molecule is Oc1ccc(Cl)cc1CN[C@@H]1CCCN(c2ncccn2)C1. The molecule has 6 heteroatoms. The number of rotatable bonds is 4. The average Bonchev–Trinajstić information content (AvgIpc) is 2.57. The Bertz CT molecular complexity index is 623. The second-order valence-corrected chi connectivity index (χ2v) is 5.92. The highest BCUT2D eigenvalue weighted by Crippen LogP contribution is 2.22. The van der Waals surface area contributed by atoms with Crippen LogP contribution in [0.5, 0.6) is 5.75 Å². The molecule has 5 nitrogen and oxygen atoms in total. The van der Waals surface area contributed by atoms with Crippen molar-refractivity contribution in [1.82, 2.24) is 15.3 Å². The van der Waals surface area contributed by atoms with E-state index < -0.39 is 0 Å². The molecule has 1 saturated heterocycles. The fourth-order valence-corrected chi connectivity index (χ4v) is 2.92. The molecule has 1 aromatic carbocycles. The molecule has 0 radical (unpaired) electrons. The summed E-state index contributed by atoms with van der Waals surface area (Å²) >= 11 is 5.98. The van der Waals surface area contributed by atoms with Crippen LogP contribution in [0.15, 0.2) is 36.7 Å². The molecule has 2 heterocycles. The van der Waals surface area contributed by atoms with Gasteiger partial charge in [-0.05, 0) is 37.1 Å². The van der Waals surface area contributed by atoms with Gasteiger partial charge in [-0.15, -0.1) is 0 Å². The molecule has 116 valence electrons. The number of aromatic nitrogens is 2. The molecule has 1 atom stereocenters. The summed E-state index contributed by atoms with van der Waals surface area (Å²) in [6, 6.07) is 7.28. The second-order valence-electron chi connectivity index (χ2n) is 5.49. The second kappa shape index (κ2) is 6.94. The van der Waals surface area contributed by atoms with E-state index in [-0.39, 0.29) is 5.75 Å². The zero-order valence-electron chi connectivity index (χ0n) is 12.2. The zero-order chi connectivity index (χ0) is 15.4. The molecule has 1 aliphatic rings. The molecule has 2 N–H and O–H groups in total. The summed E-state index contributed by atoms with van der Waals surface area (Å²) in [5.41, 5.74) is 0.820. The highest BCUT2D eigenvalue weighted by Gasteiger charge is 2.21. The summed E-state index contributed by atoms with van der Waals surface area (Å²) in [6.07, 6.45) is 5.73. The predicted molar refractivity (Wildman–Crippen MR) is 87.2 cm³/mol. The molecule has 0 unspecified atom stereocenters. The van der Waals surface area contributed by atoms with Gasteiger partial charge in [-0.2, -0.15) is 0 Å². The number of aromatic hydroxyl groups is 1. The Morgan fingerprint density at radius 2 is 2.14 bits per heavy atom. The van der Waals surface area contributed by atoms with E-state index in [0.717, 1.165) is 37.4 Å². The molecular formula is C16H19ClN4O. The largest absolute Gasteiger partial charge is 0.508 e. The minimum absolute atomic E-state index is 0.274. The molecule has 0 bridgehead atoms. The fourth-order valence-electron chi connectivity index (χ4n) is 2.73. The summed E-state index contributed by atoms with van der Waals surface area (Å²) in [6.45, 7) is 2.44. The number of benzene rings is 1. The van der Waals surface area contributed by atoms with E-state index in [2.05, 4.69) is 20.2 Å². The molecule has 1 aliphatic heterocycles. The standard InChI is InChI=1S/C16H19ClN4O/c17-13-4-5-15(22)12(9-13)10-20-14-3-1-8-21(11-14)16-18-6-2-7-19-16/h2,4-7,9,14,20,22H,1,3,8,10-11H2/t14-/m1/s1. The van der Waals surface area contributed by atoms with Gasteiger partial charge in [0.1, 0.15) is 5.75 Å². The first-order valence-corrected chi connectivity index (χ1v) is 7.83.